The van der Waals surface area contributed by atoms with Crippen LogP contribution in [0.15, 0.2) is 52.0 Å². The van der Waals surface area contributed by atoms with Gasteiger partial charge in [-0.2, -0.15) is 5.10 Å². The van der Waals surface area contributed by atoms with Crippen molar-refractivity contribution in [2.75, 3.05) is 11.9 Å². The Balaban J connectivity index is 1.92. The summed E-state index contributed by atoms with van der Waals surface area (Å²) < 4.78 is 1.01. The summed E-state index contributed by atoms with van der Waals surface area (Å²) in [5.74, 6) is -0.177. The summed E-state index contributed by atoms with van der Waals surface area (Å²) in [6.45, 7) is 6.08. The van der Waals surface area contributed by atoms with Crippen LogP contribution in [0.2, 0.25) is 0 Å². The van der Waals surface area contributed by atoms with E-state index in [1.165, 1.54) is 0 Å². The molecular weight excluding hydrogens is 354 g/mol. The van der Waals surface area contributed by atoms with Crippen molar-refractivity contribution in [1.29, 1.82) is 0 Å². The molecule has 0 aliphatic rings. The van der Waals surface area contributed by atoms with Crippen molar-refractivity contribution in [1.82, 2.24) is 5.43 Å². The number of amides is 1. The number of halogens is 1. The third-order valence-corrected chi connectivity index (χ3v) is 4.05. The molecule has 4 nitrogen and oxygen atoms in total. The topological polar surface area (TPSA) is 53.5 Å². The number of nitrogens with one attached hydrogen (secondary N) is 2. The molecule has 0 saturated heterocycles. The van der Waals surface area contributed by atoms with E-state index >= 15 is 0 Å². The average Bonchev–Trinajstić information content (AvgIpc) is 2.53. The lowest BCUT2D eigenvalue weighted by Gasteiger charge is -2.11. The SMILES string of the molecule is CC(=NNC(=O)CNc1c(C)cccc1C)c1ccc(Br)cc1. The fraction of sp³-hybridized carbons (Fsp3) is 0.222. The van der Waals surface area contributed by atoms with E-state index in [1.807, 2.05) is 63.2 Å². The third kappa shape index (κ3) is 4.93. The number of carbonyl (C=O) groups excluding carboxylic acids is 1. The maximum absolute atomic E-state index is 11.9. The maximum Gasteiger partial charge on any atom is 0.259 e. The molecule has 0 aromatic heterocycles. The number of carbonyl (C=O) groups is 1. The number of para-hydroxylation sites is 1. The Kier molecular flexibility index (Phi) is 5.93. The summed E-state index contributed by atoms with van der Waals surface area (Å²) >= 11 is 3.39. The predicted molar refractivity (Wildman–Crippen MR) is 98.9 cm³/mol. The van der Waals surface area contributed by atoms with Crippen LogP contribution >= 0.6 is 15.9 Å². The monoisotopic (exact) mass is 373 g/mol. The fourth-order valence-electron chi connectivity index (χ4n) is 2.20. The minimum atomic E-state index is -0.177. The highest BCUT2D eigenvalue weighted by molar-refractivity contribution is 9.10. The number of hydrogen-bond donors (Lipinski definition) is 2. The second-order valence-corrected chi connectivity index (χ2v) is 6.28. The molecule has 0 heterocycles. The van der Waals surface area contributed by atoms with Gasteiger partial charge in [-0.15, -0.1) is 0 Å². The lowest BCUT2D eigenvalue weighted by molar-refractivity contribution is -0.119. The minimum absolute atomic E-state index is 0.177. The number of aryl methyl sites for hydroxylation is 2. The van der Waals surface area contributed by atoms with Gasteiger partial charge in [0.25, 0.3) is 5.91 Å². The summed E-state index contributed by atoms with van der Waals surface area (Å²) in [7, 11) is 0. The highest BCUT2D eigenvalue weighted by Gasteiger charge is 2.05. The van der Waals surface area contributed by atoms with Gasteiger partial charge < -0.3 is 5.32 Å². The van der Waals surface area contributed by atoms with E-state index in [9.17, 15) is 4.79 Å². The van der Waals surface area contributed by atoms with Gasteiger partial charge in [0.05, 0.1) is 12.3 Å². The number of nitrogens with zero attached hydrogens (tertiary/aromatic N) is 1. The second kappa shape index (κ2) is 7.92. The van der Waals surface area contributed by atoms with Crippen LogP contribution in [0.5, 0.6) is 0 Å². The molecule has 0 spiro atoms. The Hall–Kier alpha value is -2.14. The standard InChI is InChI=1S/C18H20BrN3O/c1-12-5-4-6-13(2)18(12)20-11-17(23)22-21-14(3)15-7-9-16(19)10-8-15/h4-10,20H,11H2,1-3H3,(H,22,23). The van der Waals surface area contributed by atoms with Gasteiger partial charge in [-0.1, -0.05) is 46.3 Å². The van der Waals surface area contributed by atoms with Gasteiger partial charge in [-0.25, -0.2) is 5.43 Å². The van der Waals surface area contributed by atoms with Gasteiger partial charge in [-0.3, -0.25) is 4.79 Å². The minimum Gasteiger partial charge on any atom is -0.376 e. The first-order valence-electron chi connectivity index (χ1n) is 7.36. The zero-order valence-electron chi connectivity index (χ0n) is 13.5. The zero-order chi connectivity index (χ0) is 16.8. The van der Waals surface area contributed by atoms with E-state index < -0.39 is 0 Å². The van der Waals surface area contributed by atoms with E-state index in [4.69, 9.17) is 0 Å². The molecule has 0 unspecified atom stereocenters. The molecule has 23 heavy (non-hydrogen) atoms. The molecule has 0 radical (unpaired) electrons. The van der Waals surface area contributed by atoms with Gasteiger partial charge in [0.2, 0.25) is 0 Å². The van der Waals surface area contributed by atoms with Crippen molar-refractivity contribution in [3.63, 3.8) is 0 Å². The first-order chi connectivity index (χ1) is 11.0. The summed E-state index contributed by atoms with van der Waals surface area (Å²) in [4.78, 5) is 11.9. The quantitative estimate of drug-likeness (QED) is 0.614. The zero-order valence-corrected chi connectivity index (χ0v) is 15.1. The Labute approximate surface area is 145 Å². The van der Waals surface area contributed by atoms with Crippen molar-refractivity contribution >= 4 is 33.2 Å². The summed E-state index contributed by atoms with van der Waals surface area (Å²) in [6.07, 6.45) is 0. The van der Waals surface area contributed by atoms with Crippen molar-refractivity contribution in [2.45, 2.75) is 20.8 Å². The van der Waals surface area contributed by atoms with Crippen LogP contribution in [0.4, 0.5) is 5.69 Å². The molecule has 0 saturated carbocycles. The van der Waals surface area contributed by atoms with Crippen molar-refractivity contribution in [3.8, 4) is 0 Å². The van der Waals surface area contributed by atoms with Crippen molar-refractivity contribution < 1.29 is 4.79 Å². The van der Waals surface area contributed by atoms with E-state index in [0.29, 0.717) is 0 Å². The van der Waals surface area contributed by atoms with Gasteiger partial charge in [0, 0.05) is 10.2 Å². The molecule has 2 aromatic carbocycles. The fourth-order valence-corrected chi connectivity index (χ4v) is 2.47. The average molecular weight is 374 g/mol. The van der Waals surface area contributed by atoms with Crippen LogP contribution in [0.1, 0.15) is 23.6 Å². The van der Waals surface area contributed by atoms with E-state index in [0.717, 1.165) is 32.6 Å². The molecule has 0 fully saturated rings. The number of rotatable bonds is 5. The molecule has 120 valence electrons. The lowest BCUT2D eigenvalue weighted by Crippen LogP contribution is -2.27. The molecule has 2 N–H and O–H groups in total. The van der Waals surface area contributed by atoms with Crippen LogP contribution in [0, 0.1) is 13.8 Å². The molecule has 0 atom stereocenters. The summed E-state index contributed by atoms with van der Waals surface area (Å²) in [6, 6.07) is 13.8. The Morgan fingerprint density at radius 1 is 1.09 bits per heavy atom. The molecular formula is C18H20BrN3O. The van der Waals surface area contributed by atoms with E-state index in [2.05, 4.69) is 31.8 Å². The Morgan fingerprint density at radius 3 is 2.30 bits per heavy atom. The van der Waals surface area contributed by atoms with Gasteiger partial charge in [0.1, 0.15) is 0 Å². The van der Waals surface area contributed by atoms with Crippen LogP contribution in [0.25, 0.3) is 0 Å². The van der Waals surface area contributed by atoms with Crippen LogP contribution in [-0.2, 0) is 4.79 Å². The molecule has 0 aliphatic carbocycles. The van der Waals surface area contributed by atoms with Gasteiger partial charge in [0.15, 0.2) is 0 Å². The number of hydrazone groups is 1. The highest BCUT2D eigenvalue weighted by atomic mass is 79.9. The normalized spacial score (nSPS) is 11.2. The Morgan fingerprint density at radius 2 is 1.70 bits per heavy atom. The molecule has 2 aromatic rings. The molecule has 5 heteroatoms. The van der Waals surface area contributed by atoms with Gasteiger partial charge >= 0.3 is 0 Å². The maximum atomic E-state index is 11.9. The molecule has 2 rings (SSSR count). The van der Waals surface area contributed by atoms with Crippen LogP contribution < -0.4 is 10.7 Å². The summed E-state index contributed by atoms with van der Waals surface area (Å²) in [5.41, 5.74) is 7.54. The van der Waals surface area contributed by atoms with E-state index in [1.54, 1.807) is 0 Å². The largest absolute Gasteiger partial charge is 0.376 e. The van der Waals surface area contributed by atoms with E-state index in [-0.39, 0.29) is 12.5 Å². The Bertz CT molecular complexity index is 703. The number of benzene rings is 2. The first kappa shape index (κ1) is 17.2. The highest BCUT2D eigenvalue weighted by Crippen LogP contribution is 2.18. The lowest BCUT2D eigenvalue weighted by atomic mass is 10.1. The molecule has 0 bridgehead atoms. The second-order valence-electron chi connectivity index (χ2n) is 5.36. The third-order valence-electron chi connectivity index (χ3n) is 3.52. The first-order valence-corrected chi connectivity index (χ1v) is 8.16. The molecule has 0 aliphatic heterocycles. The van der Waals surface area contributed by atoms with Gasteiger partial charge in [-0.05, 0) is 49.6 Å². The smallest absolute Gasteiger partial charge is 0.259 e. The predicted octanol–water partition coefficient (Wildman–Crippen LogP) is 4.02. The van der Waals surface area contributed by atoms with Crippen molar-refractivity contribution in [3.05, 3.63) is 63.6 Å². The molecule has 1 amide bonds. The van der Waals surface area contributed by atoms with Crippen molar-refractivity contribution in [2.24, 2.45) is 5.10 Å². The summed E-state index contributed by atoms with van der Waals surface area (Å²) in [5, 5.41) is 7.31. The number of hydrogen-bond acceptors (Lipinski definition) is 3. The van der Waals surface area contributed by atoms with Crippen LogP contribution in [0.3, 0.4) is 0 Å². The number of anilines is 1. The van der Waals surface area contributed by atoms with Crippen LogP contribution in [-0.4, -0.2) is 18.2 Å².